The first kappa shape index (κ1) is 14.7. The molecule has 1 N–H and O–H groups in total. The van der Waals surface area contributed by atoms with Crippen LogP contribution in [0.5, 0.6) is 0 Å². The number of hydrogen-bond donors (Lipinski definition) is 1. The lowest BCUT2D eigenvalue weighted by atomic mass is 10.1. The van der Waals surface area contributed by atoms with Gasteiger partial charge < -0.3 is 10.1 Å². The van der Waals surface area contributed by atoms with Crippen LogP contribution in [0.15, 0.2) is 22.7 Å². The predicted octanol–water partition coefficient (Wildman–Crippen LogP) is 2.44. The molecule has 0 aliphatic rings. The van der Waals surface area contributed by atoms with Crippen molar-refractivity contribution in [2.24, 2.45) is 0 Å². The number of ether oxygens (including phenoxy) is 1. The third-order valence-corrected chi connectivity index (χ3v) is 3.29. The molecule has 18 heavy (non-hydrogen) atoms. The summed E-state index contributed by atoms with van der Waals surface area (Å²) in [5, 5.41) is 2.70. The van der Waals surface area contributed by atoms with E-state index in [1.165, 1.54) is 0 Å². The zero-order valence-electron chi connectivity index (χ0n) is 10.5. The van der Waals surface area contributed by atoms with Gasteiger partial charge in [0.1, 0.15) is 0 Å². The monoisotopic (exact) mass is 313 g/mol. The van der Waals surface area contributed by atoms with E-state index in [0.717, 1.165) is 10.0 Å². The van der Waals surface area contributed by atoms with Crippen LogP contribution >= 0.6 is 15.9 Å². The second kappa shape index (κ2) is 7.16. The van der Waals surface area contributed by atoms with Crippen molar-refractivity contribution >= 4 is 27.8 Å². The molecule has 0 aromatic heterocycles. The van der Waals surface area contributed by atoms with Gasteiger partial charge in [0.15, 0.2) is 0 Å². The summed E-state index contributed by atoms with van der Waals surface area (Å²) in [5.74, 6) is -0.484. The summed E-state index contributed by atoms with van der Waals surface area (Å²) < 4.78 is 5.66. The number of carbonyl (C=O) groups excluding carboxylic acids is 2. The number of esters is 1. The van der Waals surface area contributed by atoms with Gasteiger partial charge in [0, 0.05) is 16.6 Å². The molecule has 0 saturated carbocycles. The van der Waals surface area contributed by atoms with Gasteiger partial charge in [-0.2, -0.15) is 0 Å². The molecule has 0 aliphatic carbocycles. The van der Waals surface area contributed by atoms with Gasteiger partial charge in [0.25, 0.3) is 5.91 Å². The highest BCUT2D eigenvalue weighted by molar-refractivity contribution is 9.10. The third-order valence-electron chi connectivity index (χ3n) is 2.43. The van der Waals surface area contributed by atoms with E-state index < -0.39 is 0 Å². The Bertz CT molecular complexity index is 446. The number of amides is 1. The quantitative estimate of drug-likeness (QED) is 0.849. The van der Waals surface area contributed by atoms with E-state index in [1.807, 2.05) is 13.0 Å². The van der Waals surface area contributed by atoms with E-state index in [2.05, 4.69) is 21.2 Å². The van der Waals surface area contributed by atoms with Crippen LogP contribution in [0.2, 0.25) is 0 Å². The van der Waals surface area contributed by atoms with E-state index in [4.69, 9.17) is 4.74 Å². The highest BCUT2D eigenvalue weighted by Gasteiger charge is 2.10. The van der Waals surface area contributed by atoms with E-state index in [9.17, 15) is 9.59 Å². The van der Waals surface area contributed by atoms with Crippen molar-refractivity contribution in [3.63, 3.8) is 0 Å². The van der Waals surface area contributed by atoms with Gasteiger partial charge in [-0.05, 0) is 31.5 Å². The molecular formula is C13H16BrNO3. The van der Waals surface area contributed by atoms with E-state index >= 15 is 0 Å². The molecule has 1 rings (SSSR count). The zero-order chi connectivity index (χ0) is 13.5. The van der Waals surface area contributed by atoms with Gasteiger partial charge in [-0.15, -0.1) is 0 Å². The molecule has 0 heterocycles. The summed E-state index contributed by atoms with van der Waals surface area (Å²) in [4.78, 5) is 23.0. The lowest BCUT2D eigenvalue weighted by Gasteiger charge is -2.08. The second-order valence-corrected chi connectivity index (χ2v) is 4.58. The lowest BCUT2D eigenvalue weighted by molar-refractivity contribution is -0.142. The molecule has 0 bridgehead atoms. The number of benzene rings is 1. The fourth-order valence-electron chi connectivity index (χ4n) is 1.46. The van der Waals surface area contributed by atoms with Crippen LogP contribution in [0.3, 0.4) is 0 Å². The Morgan fingerprint density at radius 2 is 2.11 bits per heavy atom. The van der Waals surface area contributed by atoms with Gasteiger partial charge >= 0.3 is 5.97 Å². The maximum atomic E-state index is 11.9. The molecule has 0 spiro atoms. The topological polar surface area (TPSA) is 55.4 Å². The molecule has 1 aromatic rings. The van der Waals surface area contributed by atoms with Gasteiger partial charge in [0.2, 0.25) is 0 Å². The molecule has 98 valence electrons. The maximum absolute atomic E-state index is 11.9. The average Bonchev–Trinajstić information content (AvgIpc) is 2.33. The van der Waals surface area contributed by atoms with Crippen LogP contribution < -0.4 is 5.32 Å². The average molecular weight is 314 g/mol. The first-order chi connectivity index (χ1) is 8.56. The Labute approximate surface area is 115 Å². The molecule has 0 saturated heterocycles. The Hall–Kier alpha value is -1.36. The SMILES string of the molecule is CCOC(=O)CCNC(=O)c1cccc(Br)c1C. The van der Waals surface area contributed by atoms with Crippen LogP contribution in [0.4, 0.5) is 0 Å². The van der Waals surface area contributed by atoms with Crippen LogP contribution in [0.1, 0.15) is 29.3 Å². The standard InChI is InChI=1S/C13H16BrNO3/c1-3-18-12(16)7-8-15-13(17)10-5-4-6-11(14)9(10)2/h4-6H,3,7-8H2,1-2H3,(H,15,17). The summed E-state index contributed by atoms with van der Waals surface area (Å²) in [6.07, 6.45) is 0.187. The smallest absolute Gasteiger partial charge is 0.307 e. The van der Waals surface area contributed by atoms with Crippen LogP contribution in [0, 0.1) is 6.92 Å². The maximum Gasteiger partial charge on any atom is 0.307 e. The van der Waals surface area contributed by atoms with Crippen molar-refractivity contribution in [1.82, 2.24) is 5.32 Å². The minimum atomic E-state index is -0.302. The van der Waals surface area contributed by atoms with E-state index in [1.54, 1.807) is 19.1 Å². The first-order valence-electron chi connectivity index (χ1n) is 5.75. The van der Waals surface area contributed by atoms with Gasteiger partial charge in [-0.1, -0.05) is 22.0 Å². The van der Waals surface area contributed by atoms with Crippen molar-refractivity contribution in [1.29, 1.82) is 0 Å². The summed E-state index contributed by atoms with van der Waals surface area (Å²) in [6.45, 7) is 4.26. The fourth-order valence-corrected chi connectivity index (χ4v) is 1.83. The van der Waals surface area contributed by atoms with E-state index in [0.29, 0.717) is 12.2 Å². The highest BCUT2D eigenvalue weighted by atomic mass is 79.9. The molecule has 0 aliphatic heterocycles. The van der Waals surface area contributed by atoms with E-state index in [-0.39, 0.29) is 24.8 Å². The lowest BCUT2D eigenvalue weighted by Crippen LogP contribution is -2.27. The highest BCUT2D eigenvalue weighted by Crippen LogP contribution is 2.19. The largest absolute Gasteiger partial charge is 0.466 e. The molecule has 0 atom stereocenters. The minimum Gasteiger partial charge on any atom is -0.466 e. The van der Waals surface area contributed by atoms with Crippen LogP contribution in [-0.2, 0) is 9.53 Å². The fraction of sp³-hybridized carbons (Fsp3) is 0.385. The summed E-state index contributed by atoms with van der Waals surface area (Å²) >= 11 is 3.37. The van der Waals surface area contributed by atoms with Crippen LogP contribution in [0.25, 0.3) is 0 Å². The first-order valence-corrected chi connectivity index (χ1v) is 6.54. The molecule has 5 heteroatoms. The molecule has 1 aromatic carbocycles. The summed E-state index contributed by atoms with van der Waals surface area (Å²) in [7, 11) is 0. The number of halogens is 1. The number of hydrogen-bond acceptors (Lipinski definition) is 3. The van der Waals surface area contributed by atoms with Gasteiger partial charge in [-0.25, -0.2) is 0 Å². The molecule has 4 nitrogen and oxygen atoms in total. The molecular weight excluding hydrogens is 298 g/mol. The normalized spacial score (nSPS) is 9.94. The summed E-state index contributed by atoms with van der Waals surface area (Å²) in [6, 6.07) is 5.43. The number of nitrogens with one attached hydrogen (secondary N) is 1. The Morgan fingerprint density at radius 1 is 1.39 bits per heavy atom. The van der Waals surface area contributed by atoms with Crippen molar-refractivity contribution in [3.05, 3.63) is 33.8 Å². The minimum absolute atomic E-state index is 0.182. The number of rotatable bonds is 5. The third kappa shape index (κ3) is 4.14. The van der Waals surface area contributed by atoms with Crippen molar-refractivity contribution < 1.29 is 14.3 Å². The molecule has 0 radical (unpaired) electrons. The Balaban J connectivity index is 2.51. The van der Waals surface area contributed by atoms with Crippen molar-refractivity contribution in [2.75, 3.05) is 13.2 Å². The zero-order valence-corrected chi connectivity index (χ0v) is 12.0. The summed E-state index contributed by atoms with van der Waals surface area (Å²) in [5.41, 5.74) is 1.49. The second-order valence-electron chi connectivity index (χ2n) is 3.72. The predicted molar refractivity (Wildman–Crippen MR) is 72.5 cm³/mol. The van der Waals surface area contributed by atoms with Gasteiger partial charge in [0.05, 0.1) is 13.0 Å². The Morgan fingerprint density at radius 3 is 2.78 bits per heavy atom. The van der Waals surface area contributed by atoms with Crippen LogP contribution in [-0.4, -0.2) is 25.0 Å². The molecule has 0 fully saturated rings. The Kier molecular flexibility index (Phi) is 5.85. The van der Waals surface area contributed by atoms with Crippen molar-refractivity contribution in [3.8, 4) is 0 Å². The van der Waals surface area contributed by atoms with Gasteiger partial charge in [-0.3, -0.25) is 9.59 Å². The molecule has 1 amide bonds. The van der Waals surface area contributed by atoms with Crippen molar-refractivity contribution in [2.45, 2.75) is 20.3 Å². The number of carbonyl (C=O) groups is 2. The molecule has 0 unspecified atom stereocenters.